The molecule has 0 saturated carbocycles. The highest BCUT2D eigenvalue weighted by atomic mass is 19.1. The van der Waals surface area contributed by atoms with Gasteiger partial charge in [-0.05, 0) is 48.7 Å². The topological polar surface area (TPSA) is 49.9 Å². The first-order valence-corrected chi connectivity index (χ1v) is 9.26. The zero-order chi connectivity index (χ0) is 19.8. The second kappa shape index (κ2) is 7.20. The summed E-state index contributed by atoms with van der Waals surface area (Å²) in [7, 11) is 0. The second-order valence-corrected chi connectivity index (χ2v) is 7.05. The molecule has 2 aromatic rings. The Bertz CT molecular complexity index is 993. The number of morpholine rings is 1. The van der Waals surface area contributed by atoms with Crippen molar-refractivity contribution in [3.63, 3.8) is 0 Å². The Labute approximate surface area is 163 Å². The number of nitrogens with zero attached hydrogens (tertiary/aromatic N) is 2. The van der Waals surface area contributed by atoms with Gasteiger partial charge in [-0.15, -0.1) is 0 Å². The van der Waals surface area contributed by atoms with Gasteiger partial charge in [0.25, 0.3) is 11.8 Å². The van der Waals surface area contributed by atoms with E-state index in [2.05, 4.69) is 0 Å². The molecule has 5 nitrogen and oxygen atoms in total. The number of hydrogen-bond acceptors (Lipinski definition) is 4. The highest BCUT2D eigenvalue weighted by Crippen LogP contribution is 2.35. The van der Waals surface area contributed by atoms with Crippen molar-refractivity contribution in [2.75, 3.05) is 31.2 Å². The Kier molecular flexibility index (Phi) is 4.73. The first-order valence-electron chi connectivity index (χ1n) is 9.26. The summed E-state index contributed by atoms with van der Waals surface area (Å²) in [5.74, 6) is -1.35. The average molecular weight is 380 g/mol. The minimum Gasteiger partial charge on any atom is -0.378 e. The van der Waals surface area contributed by atoms with Crippen LogP contribution in [0.1, 0.15) is 16.7 Å². The molecule has 0 atom stereocenters. The Morgan fingerprint density at radius 2 is 1.68 bits per heavy atom. The Morgan fingerprint density at radius 1 is 0.929 bits per heavy atom. The van der Waals surface area contributed by atoms with Crippen molar-refractivity contribution in [1.82, 2.24) is 4.90 Å². The fourth-order valence-electron chi connectivity index (χ4n) is 3.61. The lowest BCUT2D eigenvalue weighted by Gasteiger charge is -2.29. The second-order valence-electron chi connectivity index (χ2n) is 7.05. The Balaban J connectivity index is 1.85. The summed E-state index contributed by atoms with van der Waals surface area (Å²) in [5.41, 5.74) is 3.80. The van der Waals surface area contributed by atoms with Crippen LogP contribution in [0.3, 0.4) is 0 Å². The van der Waals surface area contributed by atoms with Crippen LogP contribution < -0.4 is 4.90 Å². The van der Waals surface area contributed by atoms with Crippen molar-refractivity contribution in [2.24, 2.45) is 0 Å². The number of imide groups is 1. The zero-order valence-corrected chi connectivity index (χ0v) is 15.9. The molecule has 2 aliphatic rings. The molecule has 1 saturated heterocycles. The molecular formula is C22H21FN2O3. The first-order chi connectivity index (χ1) is 13.5. The van der Waals surface area contributed by atoms with E-state index in [9.17, 15) is 14.0 Å². The smallest absolute Gasteiger partial charge is 0.282 e. The largest absolute Gasteiger partial charge is 0.378 e. The molecule has 6 heteroatoms. The lowest BCUT2D eigenvalue weighted by molar-refractivity contribution is -0.121. The van der Waals surface area contributed by atoms with Crippen LogP contribution in [0.4, 0.5) is 10.1 Å². The van der Waals surface area contributed by atoms with Crippen molar-refractivity contribution in [1.29, 1.82) is 0 Å². The van der Waals surface area contributed by atoms with Gasteiger partial charge in [-0.2, -0.15) is 0 Å². The van der Waals surface area contributed by atoms with Crippen LogP contribution in [0.5, 0.6) is 0 Å². The molecule has 4 rings (SSSR count). The van der Waals surface area contributed by atoms with E-state index in [1.807, 2.05) is 36.9 Å². The van der Waals surface area contributed by atoms with E-state index in [0.29, 0.717) is 43.1 Å². The quantitative estimate of drug-likeness (QED) is 0.768. The van der Waals surface area contributed by atoms with Gasteiger partial charge in [0.05, 0.1) is 24.5 Å². The monoisotopic (exact) mass is 380 g/mol. The summed E-state index contributed by atoms with van der Waals surface area (Å²) in [6.07, 6.45) is 0. The van der Waals surface area contributed by atoms with Crippen molar-refractivity contribution in [3.8, 4) is 0 Å². The van der Waals surface area contributed by atoms with Crippen LogP contribution >= 0.6 is 0 Å². The molecule has 28 heavy (non-hydrogen) atoms. The molecule has 2 heterocycles. The summed E-state index contributed by atoms with van der Waals surface area (Å²) in [4.78, 5) is 29.6. The standard InChI is InChI=1S/C22H21FN2O3/c1-14-6-7-16(12-15(14)2)19-20(24-8-10-28-11-9-24)22(27)25(21(19)26)18-5-3-4-17(23)13-18/h3-7,12-13H,8-11H2,1-2H3. The number of benzene rings is 2. The number of ether oxygens (including phenoxy) is 1. The number of rotatable bonds is 3. The van der Waals surface area contributed by atoms with Crippen LogP contribution in [0.15, 0.2) is 48.2 Å². The molecule has 2 amide bonds. The van der Waals surface area contributed by atoms with E-state index in [1.165, 1.54) is 18.2 Å². The normalized spacial score (nSPS) is 17.7. The Hall–Kier alpha value is -2.99. The van der Waals surface area contributed by atoms with Gasteiger partial charge in [0.15, 0.2) is 0 Å². The third-order valence-corrected chi connectivity index (χ3v) is 5.25. The minimum atomic E-state index is -0.495. The molecular weight excluding hydrogens is 359 g/mol. The van der Waals surface area contributed by atoms with E-state index in [-0.39, 0.29) is 5.69 Å². The number of anilines is 1. The van der Waals surface area contributed by atoms with Gasteiger partial charge < -0.3 is 9.64 Å². The SMILES string of the molecule is Cc1ccc(C2=C(N3CCOCC3)C(=O)N(c3cccc(F)c3)C2=O)cc1C. The third kappa shape index (κ3) is 3.10. The van der Waals surface area contributed by atoms with E-state index in [4.69, 9.17) is 4.74 Å². The maximum absolute atomic E-state index is 13.8. The number of carbonyl (C=O) groups excluding carboxylic acids is 2. The minimum absolute atomic E-state index is 0.236. The van der Waals surface area contributed by atoms with Crippen molar-refractivity contribution < 1.29 is 18.7 Å². The maximum Gasteiger partial charge on any atom is 0.282 e. The van der Waals surface area contributed by atoms with Crippen LogP contribution in [0, 0.1) is 19.7 Å². The number of carbonyl (C=O) groups is 2. The van der Waals surface area contributed by atoms with Crippen LogP contribution in [0.2, 0.25) is 0 Å². The van der Waals surface area contributed by atoms with Gasteiger partial charge in [-0.3, -0.25) is 9.59 Å². The lowest BCUT2D eigenvalue weighted by atomic mass is 9.99. The molecule has 144 valence electrons. The van der Waals surface area contributed by atoms with Gasteiger partial charge >= 0.3 is 0 Å². The summed E-state index contributed by atoms with van der Waals surface area (Å²) >= 11 is 0. The van der Waals surface area contributed by atoms with Gasteiger partial charge in [-0.1, -0.05) is 24.3 Å². The molecule has 0 aliphatic carbocycles. The average Bonchev–Trinajstić information content (AvgIpc) is 2.95. The van der Waals surface area contributed by atoms with Crippen LogP contribution in [-0.4, -0.2) is 43.0 Å². The fourth-order valence-corrected chi connectivity index (χ4v) is 3.61. The third-order valence-electron chi connectivity index (χ3n) is 5.25. The van der Waals surface area contributed by atoms with E-state index < -0.39 is 17.6 Å². The number of halogens is 1. The van der Waals surface area contributed by atoms with E-state index in [1.54, 1.807) is 6.07 Å². The van der Waals surface area contributed by atoms with Crippen molar-refractivity contribution in [2.45, 2.75) is 13.8 Å². The zero-order valence-electron chi connectivity index (χ0n) is 15.9. The predicted octanol–water partition coefficient (Wildman–Crippen LogP) is 3.06. The fraction of sp³-hybridized carbons (Fsp3) is 0.273. The molecule has 0 radical (unpaired) electrons. The van der Waals surface area contributed by atoms with Gasteiger partial charge in [0, 0.05) is 13.1 Å². The highest BCUT2D eigenvalue weighted by Gasteiger charge is 2.42. The van der Waals surface area contributed by atoms with Gasteiger partial charge in [0.2, 0.25) is 0 Å². The molecule has 0 spiro atoms. The number of aryl methyl sites for hydroxylation is 2. The summed E-state index contributed by atoms with van der Waals surface area (Å²) in [5, 5.41) is 0. The molecule has 0 bridgehead atoms. The summed E-state index contributed by atoms with van der Waals surface area (Å²) in [6.45, 7) is 6.01. The lowest BCUT2D eigenvalue weighted by Crippen LogP contribution is -2.40. The van der Waals surface area contributed by atoms with E-state index in [0.717, 1.165) is 16.0 Å². The van der Waals surface area contributed by atoms with Gasteiger partial charge in [-0.25, -0.2) is 9.29 Å². The van der Waals surface area contributed by atoms with Gasteiger partial charge in [0.1, 0.15) is 11.5 Å². The molecule has 0 aromatic heterocycles. The van der Waals surface area contributed by atoms with Crippen LogP contribution in [-0.2, 0) is 14.3 Å². The van der Waals surface area contributed by atoms with Crippen LogP contribution in [0.25, 0.3) is 5.57 Å². The van der Waals surface area contributed by atoms with Crippen molar-refractivity contribution in [3.05, 3.63) is 70.7 Å². The number of hydrogen-bond donors (Lipinski definition) is 0. The highest BCUT2D eigenvalue weighted by molar-refractivity contribution is 6.45. The Morgan fingerprint density at radius 3 is 2.36 bits per heavy atom. The van der Waals surface area contributed by atoms with E-state index >= 15 is 0 Å². The first kappa shape index (κ1) is 18.4. The molecule has 2 aromatic carbocycles. The number of amides is 2. The maximum atomic E-state index is 13.8. The molecule has 0 unspecified atom stereocenters. The summed E-state index contributed by atoms with van der Waals surface area (Å²) < 4.78 is 19.2. The molecule has 0 N–H and O–H groups in total. The summed E-state index contributed by atoms with van der Waals surface area (Å²) in [6, 6.07) is 11.3. The molecule has 1 fully saturated rings. The predicted molar refractivity (Wildman–Crippen MR) is 104 cm³/mol. The van der Waals surface area contributed by atoms with Crippen molar-refractivity contribution >= 4 is 23.1 Å². The molecule has 2 aliphatic heterocycles.